The highest BCUT2D eigenvalue weighted by Crippen LogP contribution is 2.28. The van der Waals surface area contributed by atoms with E-state index in [1.807, 2.05) is 13.8 Å². The van der Waals surface area contributed by atoms with Crippen LogP contribution in [0.3, 0.4) is 0 Å². The number of hydrogen-bond acceptors (Lipinski definition) is 6. The first-order valence-corrected chi connectivity index (χ1v) is 6.32. The average molecular weight is 252 g/mol. The van der Waals surface area contributed by atoms with E-state index in [1.165, 1.54) is 6.33 Å². The fourth-order valence-electron chi connectivity index (χ4n) is 1.95. The van der Waals surface area contributed by atoms with E-state index in [0.717, 1.165) is 25.3 Å². The van der Waals surface area contributed by atoms with E-state index in [9.17, 15) is 0 Å². The number of nitrogens with zero attached hydrogens (tertiary/aromatic N) is 3. The highest BCUT2D eigenvalue weighted by atomic mass is 16.5. The summed E-state index contributed by atoms with van der Waals surface area (Å²) in [5, 5.41) is 0. The Bertz CT molecular complexity index is 400. The first kappa shape index (κ1) is 12.9. The largest absolute Gasteiger partial charge is 0.476 e. The third-order valence-electron chi connectivity index (χ3n) is 2.81. The van der Waals surface area contributed by atoms with Crippen molar-refractivity contribution < 1.29 is 9.47 Å². The number of nitrogens with two attached hydrogens (primary N) is 1. The molecule has 1 fully saturated rings. The molecule has 1 aromatic rings. The molecule has 1 unspecified atom stereocenters. The van der Waals surface area contributed by atoms with Crippen molar-refractivity contribution in [3.8, 4) is 5.88 Å². The highest BCUT2D eigenvalue weighted by Gasteiger charge is 2.21. The van der Waals surface area contributed by atoms with E-state index in [1.54, 1.807) is 0 Å². The summed E-state index contributed by atoms with van der Waals surface area (Å²) in [6.45, 7) is 6.96. The second kappa shape index (κ2) is 5.86. The van der Waals surface area contributed by atoms with E-state index in [2.05, 4.69) is 14.9 Å². The second-order valence-electron chi connectivity index (χ2n) is 4.39. The standard InChI is InChI=1S/C12H20N4O2/c1-3-5-18-12-10(13)11(14-8-15-12)16-4-6-17-9(2)7-16/h8-9H,3-7,13H2,1-2H3. The number of aromatic nitrogens is 2. The highest BCUT2D eigenvalue weighted by molar-refractivity contribution is 5.67. The van der Waals surface area contributed by atoms with Crippen LogP contribution in [-0.4, -0.2) is 42.4 Å². The zero-order valence-corrected chi connectivity index (χ0v) is 10.9. The number of hydrogen-bond donors (Lipinski definition) is 1. The summed E-state index contributed by atoms with van der Waals surface area (Å²) in [5.74, 6) is 1.22. The molecule has 0 radical (unpaired) electrons. The molecule has 0 saturated carbocycles. The Morgan fingerprint density at radius 3 is 3.11 bits per heavy atom. The van der Waals surface area contributed by atoms with Crippen LogP contribution in [0.2, 0.25) is 0 Å². The van der Waals surface area contributed by atoms with Crippen LogP contribution in [0.15, 0.2) is 6.33 Å². The normalized spacial score (nSPS) is 19.9. The van der Waals surface area contributed by atoms with Gasteiger partial charge in [-0.15, -0.1) is 0 Å². The summed E-state index contributed by atoms with van der Waals surface area (Å²) in [7, 11) is 0. The zero-order valence-electron chi connectivity index (χ0n) is 10.9. The van der Waals surface area contributed by atoms with Crippen molar-refractivity contribution in [3.05, 3.63) is 6.33 Å². The lowest BCUT2D eigenvalue weighted by Crippen LogP contribution is -2.41. The van der Waals surface area contributed by atoms with Gasteiger partial charge in [-0.25, -0.2) is 4.98 Å². The summed E-state index contributed by atoms with van der Waals surface area (Å²) in [4.78, 5) is 10.4. The summed E-state index contributed by atoms with van der Waals surface area (Å²) in [6, 6.07) is 0. The molecule has 1 atom stereocenters. The first-order chi connectivity index (χ1) is 8.72. The van der Waals surface area contributed by atoms with Crippen LogP contribution in [0.1, 0.15) is 20.3 Å². The zero-order chi connectivity index (χ0) is 13.0. The molecule has 2 heterocycles. The van der Waals surface area contributed by atoms with Gasteiger partial charge in [-0.3, -0.25) is 0 Å². The fourth-order valence-corrected chi connectivity index (χ4v) is 1.95. The van der Waals surface area contributed by atoms with Crippen LogP contribution in [0.5, 0.6) is 5.88 Å². The maximum Gasteiger partial charge on any atom is 0.242 e. The second-order valence-corrected chi connectivity index (χ2v) is 4.39. The number of anilines is 2. The Morgan fingerprint density at radius 1 is 1.56 bits per heavy atom. The summed E-state index contributed by atoms with van der Waals surface area (Å²) in [6.07, 6.45) is 2.61. The fraction of sp³-hybridized carbons (Fsp3) is 0.667. The van der Waals surface area contributed by atoms with Gasteiger partial charge in [0.1, 0.15) is 12.0 Å². The molecule has 2 N–H and O–H groups in total. The predicted molar refractivity (Wildman–Crippen MR) is 69.9 cm³/mol. The van der Waals surface area contributed by atoms with E-state index < -0.39 is 0 Å². The number of nitrogen functional groups attached to an aromatic ring is 1. The van der Waals surface area contributed by atoms with Gasteiger partial charge in [-0.1, -0.05) is 6.92 Å². The Hall–Kier alpha value is -1.56. The van der Waals surface area contributed by atoms with E-state index in [-0.39, 0.29) is 6.10 Å². The minimum atomic E-state index is 0.188. The van der Waals surface area contributed by atoms with Crippen molar-refractivity contribution in [2.75, 3.05) is 36.9 Å². The van der Waals surface area contributed by atoms with Crippen LogP contribution >= 0.6 is 0 Å². The molecule has 0 aromatic carbocycles. The van der Waals surface area contributed by atoms with E-state index >= 15 is 0 Å². The topological polar surface area (TPSA) is 73.5 Å². The van der Waals surface area contributed by atoms with Crippen molar-refractivity contribution in [1.29, 1.82) is 0 Å². The molecule has 2 rings (SSSR count). The van der Waals surface area contributed by atoms with Crippen molar-refractivity contribution in [3.63, 3.8) is 0 Å². The minimum absolute atomic E-state index is 0.188. The molecule has 1 aliphatic heterocycles. The average Bonchev–Trinajstić information content (AvgIpc) is 2.37. The molecule has 0 aliphatic carbocycles. The Morgan fingerprint density at radius 2 is 2.39 bits per heavy atom. The van der Waals surface area contributed by atoms with Crippen LogP contribution in [-0.2, 0) is 4.74 Å². The molecule has 1 saturated heterocycles. The molecule has 6 heteroatoms. The maximum absolute atomic E-state index is 6.07. The summed E-state index contributed by atoms with van der Waals surface area (Å²) >= 11 is 0. The molecule has 0 bridgehead atoms. The lowest BCUT2D eigenvalue weighted by atomic mass is 10.3. The van der Waals surface area contributed by atoms with E-state index in [4.69, 9.17) is 15.2 Å². The van der Waals surface area contributed by atoms with Gasteiger partial charge in [0.2, 0.25) is 5.88 Å². The SMILES string of the molecule is CCCOc1ncnc(N2CCOC(C)C2)c1N. The van der Waals surface area contributed by atoms with Crippen molar-refractivity contribution in [2.45, 2.75) is 26.4 Å². The van der Waals surface area contributed by atoms with Crippen molar-refractivity contribution in [1.82, 2.24) is 9.97 Å². The molecule has 1 aromatic heterocycles. The number of ether oxygens (including phenoxy) is 2. The van der Waals surface area contributed by atoms with Crippen LogP contribution in [0, 0.1) is 0 Å². The maximum atomic E-state index is 6.07. The molecule has 0 spiro atoms. The lowest BCUT2D eigenvalue weighted by molar-refractivity contribution is 0.0529. The summed E-state index contributed by atoms with van der Waals surface area (Å²) < 4.78 is 11.0. The van der Waals surface area contributed by atoms with Gasteiger partial charge in [0.25, 0.3) is 0 Å². The molecular weight excluding hydrogens is 232 g/mol. The van der Waals surface area contributed by atoms with Crippen LogP contribution < -0.4 is 15.4 Å². The molecular formula is C12H20N4O2. The lowest BCUT2D eigenvalue weighted by Gasteiger charge is -2.32. The Balaban J connectivity index is 2.16. The molecule has 100 valence electrons. The van der Waals surface area contributed by atoms with Crippen LogP contribution in [0.25, 0.3) is 0 Å². The third kappa shape index (κ3) is 2.81. The molecule has 6 nitrogen and oxygen atoms in total. The van der Waals surface area contributed by atoms with Gasteiger partial charge >= 0.3 is 0 Å². The predicted octanol–water partition coefficient (Wildman–Crippen LogP) is 1.07. The quantitative estimate of drug-likeness (QED) is 0.864. The van der Waals surface area contributed by atoms with Gasteiger partial charge in [0.05, 0.1) is 19.3 Å². The van der Waals surface area contributed by atoms with Gasteiger partial charge < -0.3 is 20.1 Å². The first-order valence-electron chi connectivity index (χ1n) is 6.32. The van der Waals surface area contributed by atoms with Crippen LogP contribution in [0.4, 0.5) is 11.5 Å². The molecule has 18 heavy (non-hydrogen) atoms. The Kier molecular flexibility index (Phi) is 4.19. The summed E-state index contributed by atoms with van der Waals surface area (Å²) in [5.41, 5.74) is 6.58. The van der Waals surface area contributed by atoms with Gasteiger partial charge in [0.15, 0.2) is 5.82 Å². The Labute approximate surface area is 107 Å². The molecule has 0 amide bonds. The smallest absolute Gasteiger partial charge is 0.242 e. The molecule has 1 aliphatic rings. The monoisotopic (exact) mass is 252 g/mol. The van der Waals surface area contributed by atoms with E-state index in [0.29, 0.717) is 24.8 Å². The van der Waals surface area contributed by atoms with Gasteiger partial charge in [-0.2, -0.15) is 4.98 Å². The van der Waals surface area contributed by atoms with Gasteiger partial charge in [0, 0.05) is 13.1 Å². The third-order valence-corrected chi connectivity index (χ3v) is 2.81. The number of rotatable bonds is 4. The number of morpholine rings is 1. The van der Waals surface area contributed by atoms with Crippen molar-refractivity contribution >= 4 is 11.5 Å². The van der Waals surface area contributed by atoms with Crippen molar-refractivity contribution in [2.24, 2.45) is 0 Å². The minimum Gasteiger partial charge on any atom is -0.476 e. The van der Waals surface area contributed by atoms with Gasteiger partial charge in [-0.05, 0) is 13.3 Å².